The van der Waals surface area contributed by atoms with Crippen LogP contribution in [0.4, 0.5) is 0 Å². The SMILES string of the molecule is COc1ccccc1C(c1nc2ccccc2[nH]1)N1Cc2ccccc2C1=O. The van der Waals surface area contributed by atoms with Crippen molar-refractivity contribution in [2.45, 2.75) is 12.6 Å². The van der Waals surface area contributed by atoms with E-state index in [2.05, 4.69) is 4.98 Å². The highest BCUT2D eigenvalue weighted by Crippen LogP contribution is 2.38. The Bertz CT molecular complexity index is 1150. The van der Waals surface area contributed by atoms with Gasteiger partial charge in [0.25, 0.3) is 5.91 Å². The van der Waals surface area contributed by atoms with Crippen LogP contribution in [0.2, 0.25) is 0 Å². The molecule has 0 saturated carbocycles. The van der Waals surface area contributed by atoms with Gasteiger partial charge >= 0.3 is 0 Å². The molecule has 5 nitrogen and oxygen atoms in total. The van der Waals surface area contributed by atoms with Crippen LogP contribution in [-0.2, 0) is 6.54 Å². The van der Waals surface area contributed by atoms with Crippen LogP contribution in [0, 0.1) is 0 Å². The third kappa shape index (κ3) is 2.55. The highest BCUT2D eigenvalue weighted by atomic mass is 16.5. The number of nitrogens with one attached hydrogen (secondary N) is 1. The first-order valence-electron chi connectivity index (χ1n) is 9.22. The summed E-state index contributed by atoms with van der Waals surface area (Å²) in [6.07, 6.45) is 0. The van der Waals surface area contributed by atoms with Crippen molar-refractivity contribution in [3.8, 4) is 5.75 Å². The molecule has 0 radical (unpaired) electrons. The molecule has 2 heterocycles. The van der Waals surface area contributed by atoms with Gasteiger partial charge in [0.2, 0.25) is 0 Å². The van der Waals surface area contributed by atoms with E-state index in [0.29, 0.717) is 6.54 Å². The summed E-state index contributed by atoms with van der Waals surface area (Å²) in [5, 5.41) is 0. The number of hydrogen-bond donors (Lipinski definition) is 1. The minimum Gasteiger partial charge on any atom is -0.496 e. The largest absolute Gasteiger partial charge is 0.496 e. The molecule has 1 atom stereocenters. The molecule has 1 aliphatic rings. The second kappa shape index (κ2) is 6.53. The van der Waals surface area contributed by atoms with E-state index < -0.39 is 0 Å². The minimum atomic E-state index is -0.372. The number of nitrogens with zero attached hydrogens (tertiary/aromatic N) is 2. The van der Waals surface area contributed by atoms with Gasteiger partial charge in [-0.3, -0.25) is 4.79 Å². The van der Waals surface area contributed by atoms with Crippen molar-refractivity contribution in [3.05, 3.63) is 95.3 Å². The lowest BCUT2D eigenvalue weighted by molar-refractivity contribution is 0.0723. The molecular weight excluding hydrogens is 350 g/mol. The number of ether oxygens (including phenoxy) is 1. The molecule has 1 amide bonds. The zero-order chi connectivity index (χ0) is 19.1. The lowest BCUT2D eigenvalue weighted by Crippen LogP contribution is -2.31. The zero-order valence-electron chi connectivity index (χ0n) is 15.4. The van der Waals surface area contributed by atoms with Crippen LogP contribution in [0.3, 0.4) is 0 Å². The maximum Gasteiger partial charge on any atom is 0.255 e. The van der Waals surface area contributed by atoms with E-state index in [1.165, 1.54) is 0 Å². The van der Waals surface area contributed by atoms with Crippen LogP contribution in [0.1, 0.15) is 33.4 Å². The summed E-state index contributed by atoms with van der Waals surface area (Å²) in [7, 11) is 1.65. The minimum absolute atomic E-state index is 0.00645. The van der Waals surface area contributed by atoms with Crippen molar-refractivity contribution in [2.75, 3.05) is 7.11 Å². The summed E-state index contributed by atoms with van der Waals surface area (Å²) >= 11 is 0. The van der Waals surface area contributed by atoms with Crippen LogP contribution in [-0.4, -0.2) is 27.9 Å². The quantitative estimate of drug-likeness (QED) is 0.583. The summed E-state index contributed by atoms with van der Waals surface area (Å²) in [4.78, 5) is 23.3. The van der Waals surface area contributed by atoms with Gasteiger partial charge in [-0.05, 0) is 29.8 Å². The fraction of sp³-hybridized carbons (Fsp3) is 0.130. The van der Waals surface area contributed by atoms with Crippen LogP contribution in [0.5, 0.6) is 5.75 Å². The van der Waals surface area contributed by atoms with E-state index >= 15 is 0 Å². The summed E-state index contributed by atoms with van der Waals surface area (Å²) in [5.41, 5.74) is 4.51. The molecule has 4 aromatic rings. The first-order chi connectivity index (χ1) is 13.8. The highest BCUT2D eigenvalue weighted by Gasteiger charge is 2.37. The Balaban J connectivity index is 1.68. The fourth-order valence-corrected chi connectivity index (χ4v) is 3.94. The molecule has 5 heteroatoms. The predicted molar refractivity (Wildman–Crippen MR) is 107 cm³/mol. The summed E-state index contributed by atoms with van der Waals surface area (Å²) in [5.74, 6) is 1.47. The molecule has 1 aromatic heterocycles. The van der Waals surface area contributed by atoms with Gasteiger partial charge in [-0.1, -0.05) is 48.5 Å². The van der Waals surface area contributed by atoms with Crippen LogP contribution >= 0.6 is 0 Å². The molecule has 1 N–H and O–H groups in total. The predicted octanol–water partition coefficient (Wildman–Crippen LogP) is 4.32. The van der Waals surface area contributed by atoms with Gasteiger partial charge in [0.05, 0.1) is 18.1 Å². The summed E-state index contributed by atoms with van der Waals surface area (Å²) in [6, 6.07) is 23.1. The molecule has 28 heavy (non-hydrogen) atoms. The summed E-state index contributed by atoms with van der Waals surface area (Å²) in [6.45, 7) is 0.536. The molecule has 0 bridgehead atoms. The first kappa shape index (κ1) is 16.6. The number of carbonyl (C=O) groups excluding carboxylic acids is 1. The maximum absolute atomic E-state index is 13.2. The lowest BCUT2D eigenvalue weighted by Gasteiger charge is -2.28. The van der Waals surface area contributed by atoms with E-state index in [-0.39, 0.29) is 11.9 Å². The van der Waals surface area contributed by atoms with Crippen LogP contribution < -0.4 is 4.74 Å². The number of carbonyl (C=O) groups is 1. The van der Waals surface area contributed by atoms with E-state index in [1.54, 1.807) is 7.11 Å². The number of rotatable bonds is 4. The van der Waals surface area contributed by atoms with Crippen molar-refractivity contribution in [2.24, 2.45) is 0 Å². The fourth-order valence-electron chi connectivity index (χ4n) is 3.94. The Morgan fingerprint density at radius 2 is 1.75 bits per heavy atom. The van der Waals surface area contributed by atoms with Gasteiger partial charge < -0.3 is 14.6 Å². The lowest BCUT2D eigenvalue weighted by atomic mass is 10.0. The number of imidazole rings is 1. The van der Waals surface area contributed by atoms with E-state index in [4.69, 9.17) is 9.72 Å². The molecule has 0 fully saturated rings. The van der Waals surface area contributed by atoms with Crippen LogP contribution in [0.15, 0.2) is 72.8 Å². The van der Waals surface area contributed by atoms with Gasteiger partial charge in [-0.15, -0.1) is 0 Å². The maximum atomic E-state index is 13.2. The Hall–Kier alpha value is -3.60. The monoisotopic (exact) mass is 369 g/mol. The Morgan fingerprint density at radius 1 is 1.00 bits per heavy atom. The van der Waals surface area contributed by atoms with Gasteiger partial charge in [0.1, 0.15) is 17.6 Å². The Kier molecular flexibility index (Phi) is 3.86. The Labute approximate surface area is 162 Å². The number of para-hydroxylation sites is 3. The third-order valence-corrected chi connectivity index (χ3v) is 5.26. The third-order valence-electron chi connectivity index (χ3n) is 5.26. The molecule has 0 aliphatic carbocycles. The van der Waals surface area contributed by atoms with Crippen molar-refractivity contribution < 1.29 is 9.53 Å². The number of aromatic nitrogens is 2. The van der Waals surface area contributed by atoms with Gasteiger partial charge in [0, 0.05) is 17.7 Å². The van der Waals surface area contributed by atoms with Crippen LogP contribution in [0.25, 0.3) is 11.0 Å². The molecule has 0 saturated heterocycles. The zero-order valence-corrected chi connectivity index (χ0v) is 15.4. The second-order valence-corrected chi connectivity index (χ2v) is 6.87. The molecule has 0 spiro atoms. The average molecular weight is 369 g/mol. The molecule has 5 rings (SSSR count). The van der Waals surface area contributed by atoms with E-state index in [1.807, 2.05) is 77.7 Å². The van der Waals surface area contributed by atoms with Crippen molar-refractivity contribution in [3.63, 3.8) is 0 Å². The van der Waals surface area contributed by atoms with Gasteiger partial charge in [-0.25, -0.2) is 4.98 Å². The number of fused-ring (bicyclic) bond motifs is 2. The van der Waals surface area contributed by atoms with E-state index in [9.17, 15) is 4.79 Å². The van der Waals surface area contributed by atoms with Crippen molar-refractivity contribution >= 4 is 16.9 Å². The number of H-pyrrole nitrogens is 1. The standard InChI is InChI=1S/C23H19N3O2/c1-28-20-13-7-4-10-17(20)21(22-24-18-11-5-6-12-19(18)25-22)26-14-15-8-2-3-9-16(15)23(26)27/h2-13,21H,14H2,1H3,(H,24,25). The van der Waals surface area contributed by atoms with Gasteiger partial charge in [-0.2, -0.15) is 0 Å². The molecular formula is C23H19N3O2. The smallest absolute Gasteiger partial charge is 0.255 e. The summed E-state index contributed by atoms with van der Waals surface area (Å²) < 4.78 is 5.61. The molecule has 1 aliphatic heterocycles. The number of hydrogen-bond acceptors (Lipinski definition) is 3. The topological polar surface area (TPSA) is 58.2 Å². The number of amides is 1. The normalized spacial score (nSPS) is 14.3. The Morgan fingerprint density at radius 3 is 2.57 bits per heavy atom. The van der Waals surface area contributed by atoms with Crippen molar-refractivity contribution in [1.82, 2.24) is 14.9 Å². The number of benzene rings is 3. The number of methoxy groups -OCH3 is 1. The highest BCUT2D eigenvalue weighted by molar-refractivity contribution is 5.98. The molecule has 1 unspecified atom stereocenters. The first-order valence-corrected chi connectivity index (χ1v) is 9.22. The average Bonchev–Trinajstić information content (AvgIpc) is 3.30. The second-order valence-electron chi connectivity index (χ2n) is 6.87. The number of aromatic amines is 1. The van der Waals surface area contributed by atoms with E-state index in [0.717, 1.165) is 39.3 Å². The van der Waals surface area contributed by atoms with Gasteiger partial charge in [0.15, 0.2) is 0 Å². The molecule has 3 aromatic carbocycles. The van der Waals surface area contributed by atoms with Crippen molar-refractivity contribution in [1.29, 1.82) is 0 Å². The molecule has 138 valence electrons.